The van der Waals surface area contributed by atoms with E-state index >= 15 is 0 Å². The highest BCUT2D eigenvalue weighted by Crippen LogP contribution is 2.29. The number of unbranched alkanes of at least 4 members (excludes halogenated alkanes) is 1. The molecule has 0 bridgehead atoms. The van der Waals surface area contributed by atoms with E-state index in [1.165, 1.54) is 7.11 Å². The molecule has 0 aliphatic carbocycles. The number of benzene rings is 2. The van der Waals surface area contributed by atoms with E-state index in [4.69, 9.17) is 15.5 Å². The Morgan fingerprint density at radius 1 is 1.00 bits per heavy atom. The Labute approximate surface area is 231 Å². The zero-order valence-electron chi connectivity index (χ0n) is 23.8. The van der Waals surface area contributed by atoms with Gasteiger partial charge in [-0.15, -0.1) is 0 Å². The summed E-state index contributed by atoms with van der Waals surface area (Å²) < 4.78 is 7.30. The van der Waals surface area contributed by atoms with Gasteiger partial charge in [0.25, 0.3) is 0 Å². The van der Waals surface area contributed by atoms with E-state index in [9.17, 15) is 4.79 Å². The number of aromatic nitrogens is 3. The lowest BCUT2D eigenvalue weighted by atomic mass is 10.1. The largest absolute Gasteiger partial charge is 0.465 e. The van der Waals surface area contributed by atoms with Crippen molar-refractivity contribution in [3.05, 3.63) is 65.5 Å². The van der Waals surface area contributed by atoms with Crippen LogP contribution in [0.2, 0.25) is 0 Å². The topological polar surface area (TPSA) is 89.5 Å². The van der Waals surface area contributed by atoms with E-state index < -0.39 is 0 Å². The van der Waals surface area contributed by atoms with Crippen LogP contribution in [0.1, 0.15) is 54.4 Å². The summed E-state index contributed by atoms with van der Waals surface area (Å²) in [6.07, 6.45) is 5.17. The molecule has 0 radical (unpaired) electrons. The molecule has 0 fully saturated rings. The molecule has 8 heteroatoms. The number of carbonyl (C=O) groups is 1. The fraction of sp³-hybridized carbons (Fsp3) is 0.452. The normalized spacial score (nSPS) is 11.7. The fourth-order valence-corrected chi connectivity index (χ4v) is 5.18. The number of nitrogen functional groups attached to an aromatic ring is 1. The van der Waals surface area contributed by atoms with Crippen LogP contribution in [0.3, 0.4) is 0 Å². The highest BCUT2D eigenvalue weighted by atomic mass is 16.5. The minimum atomic E-state index is -0.302. The highest BCUT2D eigenvalue weighted by molar-refractivity contribution is 6.06. The second kappa shape index (κ2) is 13.5. The van der Waals surface area contributed by atoms with Gasteiger partial charge in [0.05, 0.1) is 23.7 Å². The van der Waals surface area contributed by atoms with E-state index in [0.717, 1.165) is 98.2 Å². The van der Waals surface area contributed by atoms with Gasteiger partial charge in [-0.25, -0.2) is 14.8 Å². The lowest BCUT2D eigenvalue weighted by molar-refractivity contribution is 0.0600. The Morgan fingerprint density at radius 2 is 1.79 bits per heavy atom. The Bertz CT molecular complexity index is 1400. The molecule has 4 aromatic rings. The van der Waals surface area contributed by atoms with Crippen molar-refractivity contribution < 1.29 is 9.53 Å². The molecule has 2 aromatic heterocycles. The van der Waals surface area contributed by atoms with Gasteiger partial charge in [0.2, 0.25) is 0 Å². The number of esters is 1. The summed E-state index contributed by atoms with van der Waals surface area (Å²) in [5, 5.41) is 1.10. The second-order valence-electron chi connectivity index (χ2n) is 10.5. The number of nitrogens with zero attached hydrogens (tertiary/aromatic N) is 5. The molecule has 0 saturated heterocycles. The number of fused-ring (bicyclic) bond motifs is 3. The van der Waals surface area contributed by atoms with Crippen LogP contribution >= 0.6 is 0 Å². The van der Waals surface area contributed by atoms with Crippen molar-refractivity contribution in [1.29, 1.82) is 0 Å². The van der Waals surface area contributed by atoms with Crippen LogP contribution in [0.15, 0.2) is 48.5 Å². The Hall–Kier alpha value is -3.49. The molecule has 39 heavy (non-hydrogen) atoms. The van der Waals surface area contributed by atoms with Crippen LogP contribution in [0, 0.1) is 0 Å². The zero-order valence-corrected chi connectivity index (χ0v) is 23.8. The monoisotopic (exact) mass is 530 g/mol. The van der Waals surface area contributed by atoms with E-state index in [-0.39, 0.29) is 5.97 Å². The van der Waals surface area contributed by atoms with Gasteiger partial charge < -0.3 is 19.9 Å². The SMILES string of the molecule is CCCCc1nc2c(N)nc3ccccc3c2n1CCCN(CCCN(C)C)Cc1cccc(C(=O)OC)c1. The lowest BCUT2D eigenvalue weighted by Gasteiger charge is -2.24. The van der Waals surface area contributed by atoms with Gasteiger partial charge in [-0.2, -0.15) is 0 Å². The molecule has 2 aromatic carbocycles. The van der Waals surface area contributed by atoms with E-state index in [0.29, 0.717) is 11.4 Å². The number of carbonyl (C=O) groups excluding carboxylic acids is 1. The van der Waals surface area contributed by atoms with E-state index in [1.54, 1.807) is 6.07 Å². The average Bonchev–Trinajstić information content (AvgIpc) is 3.30. The Morgan fingerprint density at radius 3 is 2.56 bits per heavy atom. The van der Waals surface area contributed by atoms with Gasteiger partial charge in [-0.1, -0.05) is 43.7 Å². The van der Waals surface area contributed by atoms with Crippen molar-refractivity contribution in [2.24, 2.45) is 0 Å². The molecule has 0 aliphatic rings. The minimum Gasteiger partial charge on any atom is -0.465 e. The second-order valence-corrected chi connectivity index (χ2v) is 10.5. The van der Waals surface area contributed by atoms with Gasteiger partial charge in [0, 0.05) is 31.4 Å². The molecule has 0 spiro atoms. The molecule has 8 nitrogen and oxygen atoms in total. The van der Waals surface area contributed by atoms with Gasteiger partial charge in [0.15, 0.2) is 5.82 Å². The maximum Gasteiger partial charge on any atom is 0.337 e. The zero-order chi connectivity index (χ0) is 27.8. The summed E-state index contributed by atoms with van der Waals surface area (Å²) in [5.74, 6) is 1.28. The first kappa shape index (κ1) is 28.5. The third kappa shape index (κ3) is 7.13. The summed E-state index contributed by atoms with van der Waals surface area (Å²) in [6, 6.07) is 16.0. The molecular formula is C31H42N6O2. The number of ether oxygens (including phenoxy) is 1. The number of pyridine rings is 1. The molecule has 0 atom stereocenters. The van der Waals surface area contributed by atoms with E-state index in [1.807, 2.05) is 24.3 Å². The van der Waals surface area contributed by atoms with Crippen molar-refractivity contribution in [3.63, 3.8) is 0 Å². The Balaban J connectivity index is 1.57. The molecule has 0 amide bonds. The molecule has 4 rings (SSSR count). The Kier molecular flexibility index (Phi) is 9.90. The number of para-hydroxylation sites is 1. The maximum atomic E-state index is 12.1. The van der Waals surface area contributed by atoms with Crippen molar-refractivity contribution in [1.82, 2.24) is 24.3 Å². The summed E-state index contributed by atoms with van der Waals surface area (Å²) >= 11 is 0. The van der Waals surface area contributed by atoms with Crippen LogP contribution in [-0.2, 0) is 24.2 Å². The number of nitrogens with two attached hydrogens (primary N) is 1. The molecular weight excluding hydrogens is 488 g/mol. The molecule has 0 unspecified atom stereocenters. The number of hydrogen-bond donors (Lipinski definition) is 1. The average molecular weight is 531 g/mol. The summed E-state index contributed by atoms with van der Waals surface area (Å²) in [6.45, 7) is 6.79. The molecule has 208 valence electrons. The maximum absolute atomic E-state index is 12.1. The number of anilines is 1. The predicted molar refractivity (Wildman–Crippen MR) is 159 cm³/mol. The first-order chi connectivity index (χ1) is 18.9. The van der Waals surface area contributed by atoms with Crippen LogP contribution in [0.25, 0.3) is 21.9 Å². The molecule has 0 saturated carbocycles. The van der Waals surface area contributed by atoms with E-state index in [2.05, 4.69) is 58.6 Å². The van der Waals surface area contributed by atoms with Crippen molar-refractivity contribution in [3.8, 4) is 0 Å². The number of rotatable bonds is 14. The lowest BCUT2D eigenvalue weighted by Crippen LogP contribution is -2.29. The quantitative estimate of drug-likeness (QED) is 0.226. The van der Waals surface area contributed by atoms with Gasteiger partial charge in [-0.05, 0) is 70.2 Å². The fourth-order valence-electron chi connectivity index (χ4n) is 5.18. The van der Waals surface area contributed by atoms with Gasteiger partial charge >= 0.3 is 5.97 Å². The highest BCUT2D eigenvalue weighted by Gasteiger charge is 2.17. The van der Waals surface area contributed by atoms with Gasteiger partial charge in [-0.3, -0.25) is 4.90 Å². The number of aryl methyl sites for hydroxylation is 2. The van der Waals surface area contributed by atoms with Crippen LogP contribution in [-0.4, -0.2) is 71.1 Å². The third-order valence-corrected chi connectivity index (χ3v) is 7.13. The van der Waals surface area contributed by atoms with Crippen LogP contribution in [0.4, 0.5) is 5.82 Å². The van der Waals surface area contributed by atoms with Crippen LogP contribution < -0.4 is 5.73 Å². The standard InChI is InChI=1S/C31H42N6O2/c1-5-6-16-27-34-28-29(25-14-7-8-15-26(25)33-30(28)32)37(27)20-11-19-36(18-10-17-35(2)3)22-23-12-9-13-24(21-23)31(38)39-4/h7-9,12-15,21H,5-6,10-11,16-20,22H2,1-4H3,(H2,32,33). The summed E-state index contributed by atoms with van der Waals surface area (Å²) in [4.78, 5) is 26.4. The summed E-state index contributed by atoms with van der Waals surface area (Å²) in [5.41, 5.74) is 10.9. The molecule has 2 heterocycles. The first-order valence-corrected chi connectivity index (χ1v) is 14.0. The first-order valence-electron chi connectivity index (χ1n) is 14.0. The third-order valence-electron chi connectivity index (χ3n) is 7.13. The van der Waals surface area contributed by atoms with Crippen molar-refractivity contribution >= 4 is 33.7 Å². The number of methoxy groups -OCH3 is 1. The number of hydrogen-bond acceptors (Lipinski definition) is 7. The van der Waals surface area contributed by atoms with Crippen molar-refractivity contribution in [2.75, 3.05) is 46.6 Å². The molecule has 2 N–H and O–H groups in total. The minimum absolute atomic E-state index is 0.302. The van der Waals surface area contributed by atoms with Gasteiger partial charge in [0.1, 0.15) is 11.3 Å². The van der Waals surface area contributed by atoms with Crippen LogP contribution in [0.5, 0.6) is 0 Å². The van der Waals surface area contributed by atoms with Crippen molar-refractivity contribution in [2.45, 2.75) is 52.1 Å². The smallest absolute Gasteiger partial charge is 0.337 e. The number of imidazole rings is 1. The summed E-state index contributed by atoms with van der Waals surface area (Å²) in [7, 11) is 5.64. The molecule has 0 aliphatic heterocycles. The predicted octanol–water partition coefficient (Wildman–Crippen LogP) is 5.14.